The number of fused-ring (bicyclic) bond motifs is 2. The van der Waals surface area contributed by atoms with Crippen LogP contribution in [0.15, 0.2) is 41.5 Å². The Morgan fingerprint density at radius 1 is 1.02 bits per heavy atom. The van der Waals surface area contributed by atoms with Crippen molar-refractivity contribution < 1.29 is 43.2 Å². The maximum atomic E-state index is 14.3. The summed E-state index contributed by atoms with van der Waals surface area (Å²) in [6.07, 6.45) is -0.473. The smallest absolute Gasteiger partial charge is 0.425 e. The highest BCUT2D eigenvalue weighted by atomic mass is 16.7. The summed E-state index contributed by atoms with van der Waals surface area (Å²) in [6.45, 7) is 15.4. The second kappa shape index (κ2) is 17.0. The molecule has 0 spiro atoms. The van der Waals surface area contributed by atoms with Crippen LogP contribution in [0.4, 0.5) is 4.79 Å². The molecule has 1 aromatic carbocycles. The number of ketones is 1. The van der Waals surface area contributed by atoms with Gasteiger partial charge in [0.05, 0.1) is 23.3 Å². The van der Waals surface area contributed by atoms with Crippen molar-refractivity contribution in [3.05, 3.63) is 42.1 Å². The topological polar surface area (TPSA) is 153 Å². The molecule has 57 heavy (non-hydrogen) atoms. The first-order valence-corrected chi connectivity index (χ1v) is 20.5. The van der Waals surface area contributed by atoms with Gasteiger partial charge in [0.15, 0.2) is 17.7 Å². The molecule has 6 rings (SSSR count). The summed E-state index contributed by atoms with van der Waals surface area (Å²) in [6, 6.07) is 9.31. The van der Waals surface area contributed by atoms with E-state index in [1.54, 1.807) is 39.1 Å². The van der Waals surface area contributed by atoms with Crippen molar-refractivity contribution in [2.24, 2.45) is 28.7 Å². The van der Waals surface area contributed by atoms with Crippen LogP contribution in [0.5, 0.6) is 0 Å². The number of ether oxygens (including phenoxy) is 5. The molecule has 0 saturated carbocycles. The summed E-state index contributed by atoms with van der Waals surface area (Å²) in [7, 11) is 5.39. The maximum absolute atomic E-state index is 14.3. The molecular weight excluding hydrogens is 730 g/mol. The van der Waals surface area contributed by atoms with Gasteiger partial charge in [-0.05, 0) is 91.9 Å². The quantitative estimate of drug-likeness (QED) is 0.282. The molecule has 3 fully saturated rings. The monoisotopic (exact) mass is 793 g/mol. The van der Waals surface area contributed by atoms with Crippen molar-refractivity contribution in [2.75, 3.05) is 34.4 Å². The number of hydrogen-bond acceptors (Lipinski definition) is 13. The normalized spacial score (nSPS) is 38.4. The Morgan fingerprint density at radius 2 is 1.74 bits per heavy atom. The number of esters is 1. The molecule has 3 saturated heterocycles. The number of para-hydroxylation sites is 1. The van der Waals surface area contributed by atoms with Gasteiger partial charge in [-0.2, -0.15) is 5.01 Å². The number of aryl methyl sites for hydroxylation is 1. The summed E-state index contributed by atoms with van der Waals surface area (Å²) < 4.78 is 31.6. The lowest BCUT2D eigenvalue weighted by Gasteiger charge is -2.47. The number of Topliss-reactive ketones (excluding diaryl/α,β-unsaturated/α-hetero) is 1. The van der Waals surface area contributed by atoms with Crippen molar-refractivity contribution in [3.8, 4) is 0 Å². The number of aliphatic hydroxyl groups excluding tert-OH is 1. The minimum atomic E-state index is -1.28. The molecule has 2 bridgehead atoms. The van der Waals surface area contributed by atoms with Gasteiger partial charge in [-0.15, -0.1) is 0 Å². The lowest BCUT2D eigenvalue weighted by Crippen LogP contribution is -2.60. The predicted octanol–water partition coefficient (Wildman–Crippen LogP) is 5.04. The molecule has 13 atom stereocenters. The van der Waals surface area contributed by atoms with Gasteiger partial charge in [0.1, 0.15) is 30.8 Å². The van der Waals surface area contributed by atoms with E-state index in [0.29, 0.717) is 25.8 Å². The number of aliphatic imine (C=N–C) groups is 1. The molecule has 0 aliphatic carbocycles. The van der Waals surface area contributed by atoms with Crippen LogP contribution in [0.25, 0.3) is 10.9 Å². The highest BCUT2D eigenvalue weighted by molar-refractivity contribution is 6.00. The number of carbonyl (C=O) groups excluding carboxylic acids is 3. The van der Waals surface area contributed by atoms with Gasteiger partial charge in [-0.25, -0.2) is 9.80 Å². The number of methoxy groups -OCH3 is 1. The Balaban J connectivity index is 1.37. The first-order valence-electron chi connectivity index (χ1n) is 20.5. The summed E-state index contributed by atoms with van der Waals surface area (Å²) >= 11 is 0. The standard InChI is InChI=1S/C43H63N5O9/c1-24-22-42(7,53-11)38(56-40-36(50)32(46(9)10)21-25(2)54-40)27(4)35(49)28(5)39(51)55-29(6)43(8)37-26(3)33(24)45-23-47(48(37)41(52)57-43)20-14-18-31-16-12-15-30-17-13-19-44-34(30)31/h12-13,15-17,19,24-29,32,36-38,40,50H,14,18,20-23H2,1-11H3/t24-,25-,26-,27+,28?,29+,32+,36-,37-,38-,40+,42+,43-/m1/s1. The lowest BCUT2D eigenvalue weighted by molar-refractivity contribution is -0.295. The third-order valence-electron chi connectivity index (χ3n) is 13.2. The number of cyclic esters (lactones) is 1. The summed E-state index contributed by atoms with van der Waals surface area (Å²) in [5, 5.41) is 16.2. The Bertz CT molecular complexity index is 1820. The van der Waals surface area contributed by atoms with Gasteiger partial charge in [0.25, 0.3) is 0 Å². The first-order chi connectivity index (χ1) is 26.9. The van der Waals surface area contributed by atoms with Gasteiger partial charge in [-0.1, -0.05) is 45.0 Å². The summed E-state index contributed by atoms with van der Waals surface area (Å²) in [4.78, 5) is 54.1. The SMILES string of the molecule is CO[C@@]1(C)C[C@@H](C)C2=NCN(CCCc3cccc4cccnc34)N3C(=O)O[C@](C)([C@H](C)OC(=O)C(C)C(=O)[C@H](C)[C@H]1O[C@@H]1O[C@H](C)C[C@H](N(C)C)[C@H]1O)[C@H]3[C@@H]2C. The third-order valence-corrected chi connectivity index (χ3v) is 13.2. The molecule has 4 aliphatic heterocycles. The number of hydrazine groups is 1. The number of carbonyl (C=O) groups is 3. The molecule has 2 aromatic rings. The zero-order chi connectivity index (χ0) is 41.6. The van der Waals surface area contributed by atoms with Crippen LogP contribution in [0, 0.1) is 23.7 Å². The van der Waals surface area contributed by atoms with Crippen LogP contribution < -0.4 is 0 Å². The van der Waals surface area contributed by atoms with Gasteiger partial charge in [-0.3, -0.25) is 19.6 Å². The van der Waals surface area contributed by atoms with Gasteiger partial charge < -0.3 is 33.7 Å². The number of aliphatic hydroxyl groups is 1. The summed E-state index contributed by atoms with van der Waals surface area (Å²) in [5.41, 5.74) is 0.517. The molecule has 1 unspecified atom stereocenters. The zero-order valence-electron chi connectivity index (χ0n) is 35.5. The Morgan fingerprint density at radius 3 is 2.44 bits per heavy atom. The van der Waals surface area contributed by atoms with Crippen molar-refractivity contribution in [2.45, 2.75) is 135 Å². The van der Waals surface area contributed by atoms with Gasteiger partial charge >= 0.3 is 12.1 Å². The van der Waals surface area contributed by atoms with Crippen LogP contribution in [0.2, 0.25) is 0 Å². The molecule has 0 radical (unpaired) electrons. The van der Waals surface area contributed by atoms with E-state index in [9.17, 15) is 19.5 Å². The molecule has 14 nitrogen and oxygen atoms in total. The van der Waals surface area contributed by atoms with Crippen molar-refractivity contribution >= 4 is 34.5 Å². The number of nitrogens with zero attached hydrogens (tertiary/aromatic N) is 5. The van der Waals surface area contributed by atoms with E-state index in [4.69, 9.17) is 28.7 Å². The highest BCUT2D eigenvalue weighted by Gasteiger charge is 2.61. The Kier molecular flexibility index (Phi) is 12.8. The molecule has 4 aliphatic rings. The van der Waals surface area contributed by atoms with Crippen LogP contribution in [-0.4, -0.2) is 137 Å². The maximum Gasteiger partial charge on any atom is 0.425 e. The molecule has 1 amide bonds. The van der Waals surface area contributed by atoms with E-state index in [-0.39, 0.29) is 30.7 Å². The number of pyridine rings is 1. The molecule has 314 valence electrons. The number of amides is 1. The van der Waals surface area contributed by atoms with Gasteiger partial charge in [0.2, 0.25) is 0 Å². The summed E-state index contributed by atoms with van der Waals surface area (Å²) in [5.74, 6) is -3.76. The molecule has 5 heterocycles. The number of hydrogen-bond donors (Lipinski definition) is 1. The molecule has 1 aromatic heterocycles. The van der Waals surface area contributed by atoms with Crippen molar-refractivity contribution in [1.82, 2.24) is 19.9 Å². The minimum absolute atomic E-state index is 0.203. The highest BCUT2D eigenvalue weighted by Crippen LogP contribution is 2.44. The molecule has 14 heteroatoms. The van der Waals surface area contributed by atoms with Crippen molar-refractivity contribution in [3.63, 3.8) is 0 Å². The van der Waals surface area contributed by atoms with Gasteiger partial charge in [0, 0.05) is 48.8 Å². The largest absolute Gasteiger partial charge is 0.458 e. The van der Waals surface area contributed by atoms with E-state index >= 15 is 0 Å². The van der Waals surface area contributed by atoms with Crippen LogP contribution in [-0.2, 0) is 39.7 Å². The first kappa shape index (κ1) is 43.1. The number of aromatic nitrogens is 1. The number of benzene rings is 1. The van der Waals surface area contributed by atoms with Crippen LogP contribution in [0.1, 0.15) is 80.2 Å². The molecular formula is C43H63N5O9. The second-order valence-electron chi connectivity index (χ2n) is 17.4. The van der Waals surface area contributed by atoms with E-state index in [1.807, 2.05) is 69.0 Å². The zero-order valence-corrected chi connectivity index (χ0v) is 35.5. The number of rotatable bonds is 8. The van der Waals surface area contributed by atoms with E-state index in [2.05, 4.69) is 18.0 Å². The van der Waals surface area contributed by atoms with Crippen molar-refractivity contribution in [1.29, 1.82) is 0 Å². The average Bonchev–Trinajstić information content (AvgIpc) is 3.35. The van der Waals surface area contributed by atoms with E-state index in [0.717, 1.165) is 28.6 Å². The Hall–Kier alpha value is -3.53. The van der Waals surface area contributed by atoms with E-state index in [1.165, 1.54) is 6.92 Å². The second-order valence-corrected chi connectivity index (χ2v) is 17.4. The molecule has 1 N–H and O–H groups in total. The van der Waals surface area contributed by atoms with E-state index < -0.39 is 71.5 Å². The average molecular weight is 794 g/mol. The van der Waals surface area contributed by atoms with Crippen LogP contribution in [0.3, 0.4) is 0 Å². The third kappa shape index (κ3) is 8.23. The van der Waals surface area contributed by atoms with Crippen LogP contribution >= 0.6 is 0 Å². The lowest BCUT2D eigenvalue weighted by atomic mass is 9.73. The fourth-order valence-electron chi connectivity index (χ4n) is 9.79. The Labute approximate surface area is 337 Å². The fourth-order valence-corrected chi connectivity index (χ4v) is 9.79. The minimum Gasteiger partial charge on any atom is -0.458 e. The number of likely N-dealkylation sites (N-methyl/N-ethyl adjacent to an activating group) is 1. The predicted molar refractivity (Wildman–Crippen MR) is 214 cm³/mol. The fraction of sp³-hybridized carbons (Fsp3) is 0.698.